The molecule has 0 spiro atoms. The first-order valence-electron chi connectivity index (χ1n) is 6.21. The van der Waals surface area contributed by atoms with Crippen molar-refractivity contribution in [3.05, 3.63) is 24.0 Å². The van der Waals surface area contributed by atoms with E-state index in [4.69, 9.17) is 0 Å². The number of nitrogens with zero attached hydrogens (tertiary/aromatic N) is 2. The molecule has 0 aliphatic heterocycles. The molecule has 1 aromatic rings. The first-order valence-corrected chi connectivity index (χ1v) is 6.21. The number of hydrogen-bond acceptors (Lipinski definition) is 3. The van der Waals surface area contributed by atoms with Crippen LogP contribution in [0.1, 0.15) is 31.7 Å². The summed E-state index contributed by atoms with van der Waals surface area (Å²) in [6, 6.07) is 2.89. The number of aromatic nitrogens is 1. The average Bonchev–Trinajstić information content (AvgIpc) is 3.11. The summed E-state index contributed by atoms with van der Waals surface area (Å²) < 4.78 is 0. The predicted octanol–water partition coefficient (Wildman–Crippen LogP) is 2.18. The van der Waals surface area contributed by atoms with Gasteiger partial charge in [-0.3, -0.25) is 4.98 Å². The monoisotopic (exact) mass is 219 g/mol. The van der Waals surface area contributed by atoms with Gasteiger partial charge in [0.15, 0.2) is 0 Å². The highest BCUT2D eigenvalue weighted by molar-refractivity contribution is 5.53. The summed E-state index contributed by atoms with van der Waals surface area (Å²) >= 11 is 0. The third-order valence-corrected chi connectivity index (χ3v) is 3.02. The molecule has 1 fully saturated rings. The molecule has 1 saturated carbocycles. The van der Waals surface area contributed by atoms with Gasteiger partial charge in [0.2, 0.25) is 0 Å². The van der Waals surface area contributed by atoms with Gasteiger partial charge < -0.3 is 10.2 Å². The molecule has 2 rings (SSSR count). The topological polar surface area (TPSA) is 28.2 Å². The Morgan fingerprint density at radius 3 is 2.94 bits per heavy atom. The summed E-state index contributed by atoms with van der Waals surface area (Å²) in [6.45, 7) is 4.31. The molecule has 0 saturated heterocycles. The molecule has 0 amide bonds. The lowest BCUT2D eigenvalue weighted by Crippen LogP contribution is -2.28. The van der Waals surface area contributed by atoms with Gasteiger partial charge in [-0.1, -0.05) is 6.92 Å². The standard InChI is InChI=1S/C13H21N3/c1-3-8-16(12-4-5-12)13-10-15-7-6-11(13)9-14-2/h6-7,10,12,14H,3-5,8-9H2,1-2H3. The molecule has 1 heterocycles. The van der Waals surface area contributed by atoms with Crippen molar-refractivity contribution in [2.24, 2.45) is 0 Å². The fourth-order valence-corrected chi connectivity index (χ4v) is 2.14. The summed E-state index contributed by atoms with van der Waals surface area (Å²) in [5.41, 5.74) is 2.68. The van der Waals surface area contributed by atoms with Gasteiger partial charge in [-0.2, -0.15) is 0 Å². The van der Waals surface area contributed by atoms with Crippen LogP contribution in [0.4, 0.5) is 5.69 Å². The fraction of sp³-hybridized carbons (Fsp3) is 0.615. The van der Waals surface area contributed by atoms with Gasteiger partial charge in [-0.15, -0.1) is 0 Å². The first-order chi connectivity index (χ1) is 7.86. The lowest BCUT2D eigenvalue weighted by Gasteiger charge is -2.26. The Morgan fingerprint density at radius 1 is 1.50 bits per heavy atom. The third kappa shape index (κ3) is 2.53. The second-order valence-corrected chi connectivity index (χ2v) is 4.46. The van der Waals surface area contributed by atoms with Gasteiger partial charge in [-0.25, -0.2) is 0 Å². The smallest absolute Gasteiger partial charge is 0.0600 e. The molecule has 3 heteroatoms. The van der Waals surface area contributed by atoms with E-state index in [0.29, 0.717) is 0 Å². The molecule has 16 heavy (non-hydrogen) atoms. The van der Waals surface area contributed by atoms with E-state index in [-0.39, 0.29) is 0 Å². The molecule has 0 aromatic carbocycles. The van der Waals surface area contributed by atoms with Crippen LogP contribution in [-0.4, -0.2) is 24.6 Å². The molecule has 0 atom stereocenters. The van der Waals surface area contributed by atoms with E-state index in [9.17, 15) is 0 Å². The fourth-order valence-electron chi connectivity index (χ4n) is 2.14. The Labute approximate surface area is 97.9 Å². The third-order valence-electron chi connectivity index (χ3n) is 3.02. The number of rotatable bonds is 6. The maximum atomic E-state index is 4.27. The van der Waals surface area contributed by atoms with Crippen LogP contribution in [0.15, 0.2) is 18.5 Å². The Bertz CT molecular complexity index is 334. The SMILES string of the molecule is CCCN(c1cnccc1CNC)C1CC1. The van der Waals surface area contributed by atoms with Crippen LogP contribution in [0.25, 0.3) is 0 Å². The van der Waals surface area contributed by atoms with Crippen molar-refractivity contribution in [2.75, 3.05) is 18.5 Å². The molecule has 0 radical (unpaired) electrons. The Balaban J connectivity index is 2.21. The lowest BCUT2D eigenvalue weighted by atomic mass is 10.2. The second kappa shape index (κ2) is 5.30. The van der Waals surface area contributed by atoms with Crippen molar-refractivity contribution in [3.63, 3.8) is 0 Å². The van der Waals surface area contributed by atoms with Crippen LogP contribution in [0.2, 0.25) is 0 Å². The Hall–Kier alpha value is -1.09. The molecule has 0 unspecified atom stereocenters. The minimum absolute atomic E-state index is 0.764. The molecule has 88 valence electrons. The molecule has 0 bridgehead atoms. The highest BCUT2D eigenvalue weighted by Gasteiger charge is 2.29. The molecule has 1 aliphatic carbocycles. The van der Waals surface area contributed by atoms with E-state index in [1.165, 1.54) is 30.5 Å². The van der Waals surface area contributed by atoms with Crippen molar-refractivity contribution in [1.82, 2.24) is 10.3 Å². The van der Waals surface area contributed by atoms with Crippen LogP contribution in [-0.2, 0) is 6.54 Å². The number of anilines is 1. The maximum Gasteiger partial charge on any atom is 0.0600 e. The second-order valence-electron chi connectivity index (χ2n) is 4.46. The van der Waals surface area contributed by atoms with Gasteiger partial charge in [0.05, 0.1) is 11.9 Å². The lowest BCUT2D eigenvalue weighted by molar-refractivity contribution is 0.742. The van der Waals surface area contributed by atoms with Crippen LogP contribution >= 0.6 is 0 Å². The van der Waals surface area contributed by atoms with Gasteiger partial charge in [-0.05, 0) is 37.9 Å². The van der Waals surface area contributed by atoms with Crippen LogP contribution in [0, 0.1) is 0 Å². The van der Waals surface area contributed by atoms with Crippen LogP contribution in [0.5, 0.6) is 0 Å². The highest BCUT2D eigenvalue weighted by atomic mass is 15.2. The van der Waals surface area contributed by atoms with Gasteiger partial charge >= 0.3 is 0 Å². The number of hydrogen-bond donors (Lipinski definition) is 1. The van der Waals surface area contributed by atoms with E-state index < -0.39 is 0 Å². The minimum Gasteiger partial charge on any atom is -0.367 e. The minimum atomic E-state index is 0.764. The summed E-state index contributed by atoms with van der Waals surface area (Å²) in [5, 5.41) is 3.23. The van der Waals surface area contributed by atoms with E-state index >= 15 is 0 Å². The van der Waals surface area contributed by atoms with Crippen molar-refractivity contribution in [3.8, 4) is 0 Å². The summed E-state index contributed by atoms with van der Waals surface area (Å²) in [5.74, 6) is 0. The van der Waals surface area contributed by atoms with Crippen molar-refractivity contribution in [1.29, 1.82) is 0 Å². The zero-order valence-electron chi connectivity index (χ0n) is 10.2. The number of pyridine rings is 1. The summed E-state index contributed by atoms with van der Waals surface area (Å²) in [4.78, 5) is 6.80. The molecule has 1 aliphatic rings. The van der Waals surface area contributed by atoms with E-state index in [1.54, 1.807) is 0 Å². The van der Waals surface area contributed by atoms with E-state index in [2.05, 4.69) is 28.2 Å². The summed E-state index contributed by atoms with van der Waals surface area (Å²) in [7, 11) is 1.99. The average molecular weight is 219 g/mol. The van der Waals surface area contributed by atoms with Gasteiger partial charge in [0.1, 0.15) is 0 Å². The molecular formula is C13H21N3. The molecule has 1 aromatic heterocycles. The van der Waals surface area contributed by atoms with E-state index in [1.807, 2.05) is 19.4 Å². The normalized spacial score (nSPS) is 15.1. The Morgan fingerprint density at radius 2 is 2.31 bits per heavy atom. The largest absolute Gasteiger partial charge is 0.367 e. The zero-order chi connectivity index (χ0) is 11.4. The van der Waals surface area contributed by atoms with Crippen LogP contribution < -0.4 is 10.2 Å². The van der Waals surface area contributed by atoms with E-state index in [0.717, 1.165) is 19.1 Å². The molecule has 1 N–H and O–H groups in total. The first kappa shape index (κ1) is 11.4. The summed E-state index contributed by atoms with van der Waals surface area (Å²) in [6.07, 6.45) is 7.78. The van der Waals surface area contributed by atoms with Crippen molar-refractivity contribution >= 4 is 5.69 Å². The van der Waals surface area contributed by atoms with Gasteiger partial charge in [0.25, 0.3) is 0 Å². The van der Waals surface area contributed by atoms with Crippen LogP contribution in [0.3, 0.4) is 0 Å². The quantitative estimate of drug-likeness (QED) is 0.795. The Kier molecular flexibility index (Phi) is 3.78. The zero-order valence-corrected chi connectivity index (χ0v) is 10.2. The van der Waals surface area contributed by atoms with Crippen molar-refractivity contribution in [2.45, 2.75) is 38.8 Å². The maximum absolute atomic E-state index is 4.27. The number of nitrogens with one attached hydrogen (secondary N) is 1. The predicted molar refractivity (Wildman–Crippen MR) is 67.7 cm³/mol. The molecular weight excluding hydrogens is 198 g/mol. The van der Waals surface area contributed by atoms with Crippen molar-refractivity contribution < 1.29 is 0 Å². The molecule has 3 nitrogen and oxygen atoms in total. The van der Waals surface area contributed by atoms with Gasteiger partial charge in [0, 0.05) is 25.3 Å². The highest BCUT2D eigenvalue weighted by Crippen LogP contribution is 2.33.